The van der Waals surface area contributed by atoms with Crippen molar-refractivity contribution in [2.45, 2.75) is 38.6 Å². The van der Waals surface area contributed by atoms with Crippen LogP contribution in [0, 0.1) is 0 Å². The highest BCUT2D eigenvalue weighted by molar-refractivity contribution is 6.00. The molecule has 1 atom stereocenters. The van der Waals surface area contributed by atoms with E-state index in [0.717, 1.165) is 18.4 Å². The zero-order valence-corrected chi connectivity index (χ0v) is 19.6. The fraction of sp³-hybridized carbons (Fsp3) is 0.385. The number of nitrogens with zero attached hydrogens (tertiary/aromatic N) is 2. The summed E-state index contributed by atoms with van der Waals surface area (Å²) in [5.74, 6) is 1.05. The highest BCUT2D eigenvalue weighted by Gasteiger charge is 2.42. The third kappa shape index (κ3) is 4.46. The number of aliphatic hydroxyl groups is 1. The lowest BCUT2D eigenvalue weighted by molar-refractivity contribution is 0.0706. The standard InChI is InChI=1S/C26H31N3O5/c1-3-4-5-8-15-34-20-12-11-17(16-21(20)33-2)25-22-23(18-9-6-7-10-19(18)31)27-28-24(22)26(32)29(25)13-14-30/h6-7,9-12,16,25,30-31H,3-5,8,13-15H2,1-2H3,(H,27,28)/t25-/m0/s1. The number of fused-ring (bicyclic) bond motifs is 1. The average molecular weight is 466 g/mol. The van der Waals surface area contributed by atoms with Gasteiger partial charge in [-0.25, -0.2) is 0 Å². The lowest BCUT2D eigenvalue weighted by Crippen LogP contribution is -2.32. The SMILES string of the molecule is CCCCCCOc1ccc([C@H]2c3c(-c4ccccc4O)n[nH]c3C(=O)N2CCO)cc1OC. The van der Waals surface area contributed by atoms with Crippen LogP contribution in [-0.4, -0.2) is 58.1 Å². The van der Waals surface area contributed by atoms with Crippen LogP contribution in [0.5, 0.6) is 17.2 Å². The summed E-state index contributed by atoms with van der Waals surface area (Å²) in [4.78, 5) is 14.8. The number of methoxy groups -OCH3 is 1. The Hall–Kier alpha value is -3.52. The van der Waals surface area contributed by atoms with E-state index in [2.05, 4.69) is 17.1 Å². The molecule has 180 valence electrons. The van der Waals surface area contributed by atoms with E-state index in [1.807, 2.05) is 24.3 Å². The molecule has 0 spiro atoms. The van der Waals surface area contributed by atoms with Crippen molar-refractivity contribution in [1.29, 1.82) is 0 Å². The number of aromatic amines is 1. The Morgan fingerprint density at radius 1 is 1.12 bits per heavy atom. The van der Waals surface area contributed by atoms with Crippen LogP contribution in [0.3, 0.4) is 0 Å². The summed E-state index contributed by atoms with van der Waals surface area (Å²) in [6.45, 7) is 2.76. The number of carbonyl (C=O) groups excluding carboxylic acids is 1. The molecule has 0 saturated heterocycles. The van der Waals surface area contributed by atoms with Gasteiger partial charge in [0, 0.05) is 17.7 Å². The summed E-state index contributed by atoms with van der Waals surface area (Å²) in [6, 6.07) is 12.0. The number of phenolic OH excluding ortho intramolecular Hbond substituents is 1. The Kier molecular flexibility index (Phi) is 7.37. The molecule has 4 rings (SSSR count). The monoisotopic (exact) mass is 465 g/mol. The van der Waals surface area contributed by atoms with Crippen molar-refractivity contribution in [3.8, 4) is 28.5 Å². The number of unbranched alkanes of at least 4 members (excludes halogenated alkanes) is 3. The van der Waals surface area contributed by atoms with Crippen molar-refractivity contribution in [2.75, 3.05) is 26.9 Å². The van der Waals surface area contributed by atoms with E-state index in [1.165, 1.54) is 12.8 Å². The number of ether oxygens (including phenoxy) is 2. The molecule has 0 aliphatic carbocycles. The first-order valence-corrected chi connectivity index (χ1v) is 11.7. The lowest BCUT2D eigenvalue weighted by atomic mass is 9.95. The summed E-state index contributed by atoms with van der Waals surface area (Å²) in [5.41, 5.74) is 2.85. The minimum Gasteiger partial charge on any atom is -0.507 e. The van der Waals surface area contributed by atoms with Crippen LogP contribution in [0.4, 0.5) is 0 Å². The maximum atomic E-state index is 13.2. The highest BCUT2D eigenvalue weighted by atomic mass is 16.5. The molecule has 0 bridgehead atoms. The predicted molar refractivity (Wildman–Crippen MR) is 128 cm³/mol. The maximum Gasteiger partial charge on any atom is 0.273 e. The predicted octanol–water partition coefficient (Wildman–Crippen LogP) is 4.29. The van der Waals surface area contributed by atoms with Crippen LogP contribution in [0.1, 0.15) is 60.3 Å². The van der Waals surface area contributed by atoms with Crippen LogP contribution in [-0.2, 0) is 0 Å². The molecular weight excluding hydrogens is 434 g/mol. The summed E-state index contributed by atoms with van der Waals surface area (Å²) in [6.07, 6.45) is 4.45. The van der Waals surface area contributed by atoms with Gasteiger partial charge in [-0.3, -0.25) is 9.89 Å². The normalized spacial score (nSPS) is 15.0. The van der Waals surface area contributed by atoms with Gasteiger partial charge in [0.15, 0.2) is 11.5 Å². The molecule has 8 nitrogen and oxygen atoms in total. The molecule has 34 heavy (non-hydrogen) atoms. The van der Waals surface area contributed by atoms with Crippen LogP contribution >= 0.6 is 0 Å². The Morgan fingerprint density at radius 3 is 2.68 bits per heavy atom. The number of benzene rings is 2. The summed E-state index contributed by atoms with van der Waals surface area (Å²) in [5, 5.41) is 27.3. The molecule has 0 radical (unpaired) electrons. The number of aromatic hydroxyl groups is 1. The molecule has 0 saturated carbocycles. The van der Waals surface area contributed by atoms with Gasteiger partial charge < -0.3 is 24.6 Å². The summed E-state index contributed by atoms with van der Waals surface area (Å²) >= 11 is 0. The van der Waals surface area contributed by atoms with Crippen LogP contribution in [0.2, 0.25) is 0 Å². The minimum absolute atomic E-state index is 0.0769. The molecule has 1 aliphatic heterocycles. The molecule has 3 N–H and O–H groups in total. The largest absolute Gasteiger partial charge is 0.507 e. The molecule has 2 heterocycles. The number of aromatic nitrogens is 2. The number of aliphatic hydroxyl groups excluding tert-OH is 1. The summed E-state index contributed by atoms with van der Waals surface area (Å²) < 4.78 is 11.6. The van der Waals surface area contributed by atoms with Gasteiger partial charge in [0.2, 0.25) is 0 Å². The van der Waals surface area contributed by atoms with Crippen LogP contribution in [0.15, 0.2) is 42.5 Å². The maximum absolute atomic E-state index is 13.2. The Bertz CT molecular complexity index is 1140. The van der Waals surface area contributed by atoms with E-state index < -0.39 is 6.04 Å². The fourth-order valence-corrected chi connectivity index (χ4v) is 4.45. The lowest BCUT2D eigenvalue weighted by Gasteiger charge is -2.26. The minimum atomic E-state index is -0.504. The Balaban J connectivity index is 1.71. The Labute approximate surface area is 199 Å². The number of amides is 1. The average Bonchev–Trinajstić information content (AvgIpc) is 3.39. The first-order chi connectivity index (χ1) is 16.6. The quantitative estimate of drug-likeness (QED) is 0.365. The highest BCUT2D eigenvalue weighted by Crippen LogP contribution is 2.45. The third-order valence-corrected chi connectivity index (χ3v) is 6.12. The molecule has 2 aromatic carbocycles. The van der Waals surface area contributed by atoms with Crippen molar-refractivity contribution in [1.82, 2.24) is 15.1 Å². The molecule has 0 unspecified atom stereocenters. The van der Waals surface area contributed by atoms with Gasteiger partial charge in [-0.15, -0.1) is 0 Å². The van der Waals surface area contributed by atoms with Gasteiger partial charge in [0.05, 0.1) is 26.4 Å². The zero-order chi connectivity index (χ0) is 24.1. The fourth-order valence-electron chi connectivity index (χ4n) is 4.45. The second kappa shape index (κ2) is 10.6. The van der Waals surface area contributed by atoms with E-state index in [1.54, 1.807) is 30.2 Å². The number of rotatable bonds is 11. The smallest absolute Gasteiger partial charge is 0.273 e. The third-order valence-electron chi connectivity index (χ3n) is 6.12. The van der Waals surface area contributed by atoms with E-state index >= 15 is 0 Å². The first kappa shape index (κ1) is 23.6. The first-order valence-electron chi connectivity index (χ1n) is 11.7. The van der Waals surface area contributed by atoms with Gasteiger partial charge >= 0.3 is 0 Å². The number of nitrogens with one attached hydrogen (secondary N) is 1. The van der Waals surface area contributed by atoms with Crippen LogP contribution in [0.25, 0.3) is 11.3 Å². The number of carbonyl (C=O) groups is 1. The van der Waals surface area contributed by atoms with Crippen molar-refractivity contribution in [3.05, 3.63) is 59.3 Å². The second-order valence-corrected chi connectivity index (χ2v) is 8.32. The molecular formula is C26H31N3O5. The van der Waals surface area contributed by atoms with Crippen molar-refractivity contribution >= 4 is 5.91 Å². The number of β-amino-alcohol motifs (C(OH)–C–C–N with tert-alkyl or cyclic N) is 1. The van der Waals surface area contributed by atoms with E-state index in [-0.39, 0.29) is 24.8 Å². The van der Waals surface area contributed by atoms with Crippen LogP contribution < -0.4 is 9.47 Å². The molecule has 1 amide bonds. The number of H-pyrrole nitrogens is 1. The van der Waals surface area contributed by atoms with Crippen molar-refractivity contribution in [2.24, 2.45) is 0 Å². The molecule has 8 heteroatoms. The van der Waals surface area contributed by atoms with Crippen molar-refractivity contribution < 1.29 is 24.5 Å². The molecule has 1 aromatic heterocycles. The topological polar surface area (TPSA) is 108 Å². The van der Waals surface area contributed by atoms with E-state index in [4.69, 9.17) is 9.47 Å². The Morgan fingerprint density at radius 2 is 1.94 bits per heavy atom. The van der Waals surface area contributed by atoms with Gasteiger partial charge in [-0.05, 0) is 36.2 Å². The van der Waals surface area contributed by atoms with Gasteiger partial charge in [0.1, 0.15) is 17.1 Å². The van der Waals surface area contributed by atoms with Gasteiger partial charge in [-0.1, -0.05) is 44.4 Å². The van der Waals surface area contributed by atoms with Crippen molar-refractivity contribution in [3.63, 3.8) is 0 Å². The zero-order valence-electron chi connectivity index (χ0n) is 19.6. The van der Waals surface area contributed by atoms with Gasteiger partial charge in [0.25, 0.3) is 5.91 Å². The number of hydrogen-bond acceptors (Lipinski definition) is 6. The molecule has 0 fully saturated rings. The van der Waals surface area contributed by atoms with E-state index in [9.17, 15) is 15.0 Å². The molecule has 1 aliphatic rings. The second-order valence-electron chi connectivity index (χ2n) is 8.32. The van der Waals surface area contributed by atoms with Gasteiger partial charge in [-0.2, -0.15) is 5.10 Å². The number of para-hydroxylation sites is 1. The number of hydrogen-bond donors (Lipinski definition) is 3. The molecule has 3 aromatic rings. The summed E-state index contributed by atoms with van der Waals surface area (Å²) in [7, 11) is 1.59. The van der Waals surface area contributed by atoms with E-state index in [0.29, 0.717) is 40.6 Å². The number of phenols is 1.